The van der Waals surface area contributed by atoms with Crippen LogP contribution in [0.2, 0.25) is 0 Å². The number of carbonyl (C=O) groups excluding carboxylic acids is 1. The van der Waals surface area contributed by atoms with E-state index in [0.29, 0.717) is 28.4 Å². The van der Waals surface area contributed by atoms with Crippen LogP contribution in [-0.4, -0.2) is 30.1 Å². The van der Waals surface area contributed by atoms with Crippen molar-refractivity contribution in [2.24, 2.45) is 0 Å². The Hall–Kier alpha value is -2.93. The summed E-state index contributed by atoms with van der Waals surface area (Å²) in [5.41, 5.74) is 2.13. The third-order valence-electron chi connectivity index (χ3n) is 3.65. The molecule has 25 heavy (non-hydrogen) atoms. The summed E-state index contributed by atoms with van der Waals surface area (Å²) in [6.45, 7) is 0. The molecule has 0 aliphatic rings. The minimum absolute atomic E-state index is 0.177. The Morgan fingerprint density at radius 2 is 2.12 bits per heavy atom. The highest BCUT2D eigenvalue weighted by atomic mass is 19.1. The van der Waals surface area contributed by atoms with Crippen molar-refractivity contribution in [3.8, 4) is 0 Å². The third-order valence-corrected chi connectivity index (χ3v) is 3.65. The van der Waals surface area contributed by atoms with Crippen LogP contribution in [0.15, 0.2) is 46.9 Å². The maximum absolute atomic E-state index is 13.2. The Morgan fingerprint density at radius 3 is 2.84 bits per heavy atom. The Labute approximate surface area is 143 Å². The molecule has 130 valence electrons. The van der Waals surface area contributed by atoms with Gasteiger partial charge in [-0.2, -0.15) is 4.98 Å². The van der Waals surface area contributed by atoms with Crippen LogP contribution in [0.4, 0.5) is 16.1 Å². The maximum Gasteiger partial charge on any atom is 0.297 e. The number of rotatable bonds is 5. The summed E-state index contributed by atoms with van der Waals surface area (Å²) in [7, 11) is 3.64. The van der Waals surface area contributed by atoms with Gasteiger partial charge in [-0.1, -0.05) is 12.1 Å². The predicted octanol–water partition coefficient (Wildman–Crippen LogP) is 3.10. The molecule has 2 N–H and O–H groups in total. The number of nitrogens with one attached hydrogen (secondary N) is 1. The first-order valence-corrected chi connectivity index (χ1v) is 7.73. The van der Waals surface area contributed by atoms with E-state index >= 15 is 0 Å². The Morgan fingerprint density at radius 1 is 1.32 bits per heavy atom. The summed E-state index contributed by atoms with van der Waals surface area (Å²) in [6, 6.07) is 11.1. The normalized spacial score (nSPS) is 12.2. The smallest absolute Gasteiger partial charge is 0.297 e. The number of hydrogen-bond acceptors (Lipinski definition) is 5. The average Bonchev–Trinajstić information content (AvgIpc) is 2.98. The molecule has 0 saturated heterocycles. The number of benzene rings is 2. The van der Waals surface area contributed by atoms with Crippen molar-refractivity contribution < 1.29 is 18.7 Å². The number of carbonyl (C=O) groups is 1. The fourth-order valence-electron chi connectivity index (χ4n) is 2.40. The molecule has 1 unspecified atom stereocenters. The molecule has 1 atom stereocenters. The molecule has 2 aromatic carbocycles. The summed E-state index contributed by atoms with van der Waals surface area (Å²) in [6.07, 6.45) is -1.25. The van der Waals surface area contributed by atoms with Crippen LogP contribution in [-0.2, 0) is 4.79 Å². The van der Waals surface area contributed by atoms with E-state index in [0.717, 1.165) is 0 Å². The SMILES string of the molecule is CN(C)c1nc2cc(NC(=O)CC(O)c3cccc(F)c3)ccc2o1. The van der Waals surface area contributed by atoms with Gasteiger partial charge in [0.15, 0.2) is 5.58 Å². The van der Waals surface area contributed by atoms with Crippen LogP contribution in [0, 0.1) is 5.82 Å². The fraction of sp³-hybridized carbons (Fsp3) is 0.222. The predicted molar refractivity (Wildman–Crippen MR) is 92.9 cm³/mol. The number of oxazole rings is 1. The van der Waals surface area contributed by atoms with E-state index in [1.165, 1.54) is 18.2 Å². The Balaban J connectivity index is 1.69. The highest BCUT2D eigenvalue weighted by Crippen LogP contribution is 2.24. The van der Waals surface area contributed by atoms with Crippen LogP contribution in [0.25, 0.3) is 11.1 Å². The van der Waals surface area contributed by atoms with E-state index in [-0.39, 0.29) is 12.3 Å². The largest absolute Gasteiger partial charge is 0.423 e. The second-order valence-electron chi connectivity index (χ2n) is 5.90. The van der Waals surface area contributed by atoms with Gasteiger partial charge < -0.3 is 19.7 Å². The number of hydrogen-bond donors (Lipinski definition) is 2. The number of nitrogens with zero attached hydrogens (tertiary/aromatic N) is 2. The third kappa shape index (κ3) is 3.95. The molecule has 0 spiro atoms. The molecule has 1 heterocycles. The van der Waals surface area contributed by atoms with Gasteiger partial charge in [0.1, 0.15) is 11.3 Å². The summed E-state index contributed by atoms with van der Waals surface area (Å²) < 4.78 is 18.7. The molecule has 0 saturated carbocycles. The van der Waals surface area contributed by atoms with E-state index in [1.807, 2.05) is 14.1 Å². The quantitative estimate of drug-likeness (QED) is 0.744. The number of aromatic nitrogens is 1. The van der Waals surface area contributed by atoms with Crippen molar-refractivity contribution in [3.05, 3.63) is 53.8 Å². The van der Waals surface area contributed by atoms with E-state index < -0.39 is 11.9 Å². The number of aliphatic hydroxyl groups is 1. The van der Waals surface area contributed by atoms with Gasteiger partial charge in [0, 0.05) is 19.8 Å². The van der Waals surface area contributed by atoms with Gasteiger partial charge in [-0.25, -0.2) is 4.39 Å². The molecular weight excluding hydrogens is 325 g/mol. The van der Waals surface area contributed by atoms with Crippen molar-refractivity contribution in [2.45, 2.75) is 12.5 Å². The maximum atomic E-state index is 13.2. The molecule has 1 aromatic heterocycles. The molecule has 3 rings (SSSR count). The molecule has 1 amide bonds. The van der Waals surface area contributed by atoms with Gasteiger partial charge in [-0.05, 0) is 35.9 Å². The lowest BCUT2D eigenvalue weighted by Gasteiger charge is -2.11. The molecule has 0 aliphatic heterocycles. The molecule has 0 bridgehead atoms. The monoisotopic (exact) mass is 343 g/mol. The zero-order chi connectivity index (χ0) is 18.0. The molecule has 6 nitrogen and oxygen atoms in total. The van der Waals surface area contributed by atoms with Gasteiger partial charge in [-0.15, -0.1) is 0 Å². The molecule has 3 aromatic rings. The first-order chi connectivity index (χ1) is 11.9. The standard InChI is InChI=1S/C18H18FN3O3/c1-22(2)18-21-14-9-13(6-7-16(14)25-18)20-17(24)10-15(23)11-4-3-5-12(19)8-11/h3-9,15,23H,10H2,1-2H3,(H,20,24). The minimum Gasteiger partial charge on any atom is -0.423 e. The summed E-state index contributed by atoms with van der Waals surface area (Å²) in [5, 5.41) is 12.8. The fourth-order valence-corrected chi connectivity index (χ4v) is 2.40. The van der Waals surface area contributed by atoms with Crippen LogP contribution in [0.1, 0.15) is 18.1 Å². The first-order valence-electron chi connectivity index (χ1n) is 7.73. The second kappa shape index (κ2) is 6.90. The van der Waals surface area contributed by atoms with Crippen LogP contribution in [0.5, 0.6) is 0 Å². The van der Waals surface area contributed by atoms with E-state index in [1.54, 1.807) is 29.2 Å². The van der Waals surface area contributed by atoms with Gasteiger partial charge >= 0.3 is 0 Å². The van der Waals surface area contributed by atoms with E-state index in [4.69, 9.17) is 4.42 Å². The Kier molecular flexibility index (Phi) is 4.67. The minimum atomic E-state index is -1.08. The zero-order valence-corrected chi connectivity index (χ0v) is 13.9. The van der Waals surface area contributed by atoms with Gasteiger partial charge in [0.25, 0.3) is 6.01 Å². The number of amides is 1. The van der Waals surface area contributed by atoms with E-state index in [9.17, 15) is 14.3 Å². The molecule has 0 fully saturated rings. The van der Waals surface area contributed by atoms with Gasteiger partial charge in [-0.3, -0.25) is 4.79 Å². The topological polar surface area (TPSA) is 78.6 Å². The highest BCUT2D eigenvalue weighted by Gasteiger charge is 2.15. The van der Waals surface area contributed by atoms with Crippen molar-refractivity contribution in [1.29, 1.82) is 0 Å². The Bertz CT molecular complexity index is 907. The number of aliphatic hydroxyl groups excluding tert-OH is 1. The van der Waals surface area contributed by atoms with Gasteiger partial charge in [0.05, 0.1) is 12.5 Å². The molecule has 0 radical (unpaired) electrons. The summed E-state index contributed by atoms with van der Waals surface area (Å²) >= 11 is 0. The van der Waals surface area contributed by atoms with E-state index in [2.05, 4.69) is 10.3 Å². The van der Waals surface area contributed by atoms with Crippen molar-refractivity contribution in [1.82, 2.24) is 4.98 Å². The zero-order valence-electron chi connectivity index (χ0n) is 13.9. The number of halogens is 1. The molecule has 0 aliphatic carbocycles. The van der Waals surface area contributed by atoms with Crippen LogP contribution >= 0.6 is 0 Å². The second-order valence-corrected chi connectivity index (χ2v) is 5.90. The molecular formula is C18H18FN3O3. The van der Waals surface area contributed by atoms with Gasteiger partial charge in [0.2, 0.25) is 5.91 Å². The number of fused-ring (bicyclic) bond motifs is 1. The summed E-state index contributed by atoms with van der Waals surface area (Å²) in [5.74, 6) is -0.836. The highest BCUT2D eigenvalue weighted by molar-refractivity contribution is 5.93. The average molecular weight is 343 g/mol. The van der Waals surface area contributed by atoms with Crippen molar-refractivity contribution >= 4 is 28.7 Å². The first kappa shape index (κ1) is 16.9. The van der Waals surface area contributed by atoms with Crippen molar-refractivity contribution in [2.75, 3.05) is 24.3 Å². The number of anilines is 2. The van der Waals surface area contributed by atoms with Crippen LogP contribution in [0.3, 0.4) is 0 Å². The lowest BCUT2D eigenvalue weighted by atomic mass is 10.1. The van der Waals surface area contributed by atoms with Crippen molar-refractivity contribution in [3.63, 3.8) is 0 Å². The summed E-state index contributed by atoms with van der Waals surface area (Å²) in [4.78, 5) is 18.2. The molecule has 7 heteroatoms. The van der Waals surface area contributed by atoms with Crippen LogP contribution < -0.4 is 10.2 Å². The lowest BCUT2D eigenvalue weighted by Crippen LogP contribution is -2.15. The lowest BCUT2D eigenvalue weighted by molar-refractivity contribution is -0.118.